The number of carbonyl (C=O) groups is 1. The van der Waals surface area contributed by atoms with E-state index in [1.807, 2.05) is 12.1 Å². The van der Waals surface area contributed by atoms with E-state index >= 15 is 0 Å². The highest BCUT2D eigenvalue weighted by molar-refractivity contribution is 6.32. The Balaban J connectivity index is 2.83. The van der Waals surface area contributed by atoms with Crippen LogP contribution in [0.15, 0.2) is 12.1 Å². The van der Waals surface area contributed by atoms with Gasteiger partial charge in [-0.1, -0.05) is 18.5 Å². The maximum Gasteiger partial charge on any atom is 0.303 e. The first-order valence-electron chi connectivity index (χ1n) is 5.65. The molecule has 0 spiro atoms. The van der Waals surface area contributed by atoms with Crippen molar-refractivity contribution in [2.75, 3.05) is 7.11 Å². The lowest BCUT2D eigenvalue weighted by atomic mass is 9.99. The van der Waals surface area contributed by atoms with Crippen LogP contribution in [-0.2, 0) is 17.6 Å². The monoisotopic (exact) mass is 256 g/mol. The van der Waals surface area contributed by atoms with Crippen LogP contribution in [0, 0.1) is 0 Å². The fraction of sp³-hybridized carbons (Fsp3) is 0.462. The molecule has 0 aromatic heterocycles. The highest BCUT2D eigenvalue weighted by Gasteiger charge is 2.08. The molecule has 0 saturated heterocycles. The van der Waals surface area contributed by atoms with Gasteiger partial charge in [0, 0.05) is 6.42 Å². The summed E-state index contributed by atoms with van der Waals surface area (Å²) in [7, 11) is 1.59. The van der Waals surface area contributed by atoms with Crippen molar-refractivity contribution in [1.29, 1.82) is 0 Å². The number of aliphatic carboxylic acids is 1. The van der Waals surface area contributed by atoms with Gasteiger partial charge in [0.05, 0.1) is 12.1 Å². The van der Waals surface area contributed by atoms with Gasteiger partial charge in [0.1, 0.15) is 5.75 Å². The van der Waals surface area contributed by atoms with Crippen molar-refractivity contribution < 1.29 is 14.6 Å². The van der Waals surface area contributed by atoms with Crippen LogP contribution in [0.3, 0.4) is 0 Å². The number of ether oxygens (including phenoxy) is 1. The molecule has 0 fully saturated rings. The van der Waals surface area contributed by atoms with Crippen molar-refractivity contribution in [3.8, 4) is 5.75 Å². The van der Waals surface area contributed by atoms with Crippen LogP contribution >= 0.6 is 11.6 Å². The number of hydrogen-bond acceptors (Lipinski definition) is 2. The molecule has 0 saturated carbocycles. The second-order valence-corrected chi connectivity index (χ2v) is 4.26. The normalized spacial score (nSPS) is 10.3. The minimum Gasteiger partial charge on any atom is -0.495 e. The molecular weight excluding hydrogens is 240 g/mol. The van der Waals surface area contributed by atoms with Crippen LogP contribution in [0.1, 0.15) is 30.9 Å². The number of halogens is 1. The molecule has 4 heteroatoms. The topological polar surface area (TPSA) is 46.5 Å². The van der Waals surface area contributed by atoms with E-state index < -0.39 is 5.97 Å². The molecule has 0 heterocycles. The summed E-state index contributed by atoms with van der Waals surface area (Å²) in [6, 6.07) is 3.81. The van der Waals surface area contributed by atoms with Gasteiger partial charge in [-0.05, 0) is 42.5 Å². The van der Waals surface area contributed by atoms with E-state index in [0.717, 1.165) is 24.0 Å². The Hall–Kier alpha value is -1.22. The van der Waals surface area contributed by atoms with Crippen LogP contribution in [0.5, 0.6) is 5.75 Å². The Morgan fingerprint density at radius 3 is 2.65 bits per heavy atom. The van der Waals surface area contributed by atoms with Crippen molar-refractivity contribution in [2.24, 2.45) is 0 Å². The summed E-state index contributed by atoms with van der Waals surface area (Å²) in [5, 5.41) is 9.19. The molecule has 0 radical (unpaired) electrons. The Kier molecular flexibility index (Phi) is 5.29. The molecule has 0 aliphatic rings. The third-order valence-electron chi connectivity index (χ3n) is 2.69. The maximum absolute atomic E-state index is 10.5. The zero-order chi connectivity index (χ0) is 12.8. The van der Waals surface area contributed by atoms with Crippen LogP contribution in [0.4, 0.5) is 0 Å². The molecule has 1 aromatic carbocycles. The number of methoxy groups -OCH3 is 1. The summed E-state index contributed by atoms with van der Waals surface area (Å²) in [6.07, 6.45) is 2.44. The van der Waals surface area contributed by atoms with Gasteiger partial charge in [0.15, 0.2) is 0 Å². The van der Waals surface area contributed by atoms with E-state index in [1.54, 1.807) is 7.11 Å². The van der Waals surface area contributed by atoms with E-state index in [-0.39, 0.29) is 6.42 Å². The quantitative estimate of drug-likeness (QED) is 0.849. The van der Waals surface area contributed by atoms with Gasteiger partial charge >= 0.3 is 5.97 Å². The first kappa shape index (κ1) is 13.8. The molecule has 0 amide bonds. The smallest absolute Gasteiger partial charge is 0.303 e. The maximum atomic E-state index is 10.5. The average Bonchev–Trinajstić information content (AvgIpc) is 2.29. The highest BCUT2D eigenvalue weighted by atomic mass is 35.5. The lowest BCUT2D eigenvalue weighted by molar-refractivity contribution is -0.137. The van der Waals surface area contributed by atoms with Crippen LogP contribution < -0.4 is 4.74 Å². The van der Waals surface area contributed by atoms with Gasteiger partial charge in [-0.3, -0.25) is 4.79 Å². The van der Waals surface area contributed by atoms with Crippen LogP contribution in [0.2, 0.25) is 5.02 Å². The zero-order valence-electron chi connectivity index (χ0n) is 10.1. The fourth-order valence-electron chi connectivity index (χ4n) is 1.79. The predicted octanol–water partition coefficient (Wildman–Crippen LogP) is 3.32. The number of rotatable bonds is 6. The van der Waals surface area contributed by atoms with Crippen molar-refractivity contribution >= 4 is 17.6 Å². The molecule has 0 aliphatic carbocycles. The van der Waals surface area contributed by atoms with E-state index in [1.165, 1.54) is 0 Å². The molecule has 0 unspecified atom stereocenters. The number of benzene rings is 1. The first-order chi connectivity index (χ1) is 8.08. The molecule has 17 heavy (non-hydrogen) atoms. The van der Waals surface area contributed by atoms with Crippen molar-refractivity contribution in [3.63, 3.8) is 0 Å². The third kappa shape index (κ3) is 3.93. The second-order valence-electron chi connectivity index (χ2n) is 3.86. The number of carboxylic acids is 1. The molecule has 1 aromatic rings. The number of carboxylic acid groups (broad SMARTS) is 1. The van der Waals surface area contributed by atoms with Crippen molar-refractivity contribution in [1.82, 2.24) is 0 Å². The largest absolute Gasteiger partial charge is 0.495 e. The Labute approximate surface area is 106 Å². The van der Waals surface area contributed by atoms with Gasteiger partial charge in [0.25, 0.3) is 0 Å². The summed E-state index contributed by atoms with van der Waals surface area (Å²) >= 11 is 6.06. The van der Waals surface area contributed by atoms with Crippen molar-refractivity contribution in [2.45, 2.75) is 32.6 Å². The molecule has 3 nitrogen and oxygen atoms in total. The lowest BCUT2D eigenvalue weighted by Gasteiger charge is -2.11. The van der Waals surface area contributed by atoms with E-state index in [9.17, 15) is 4.79 Å². The molecular formula is C13H17ClO3. The summed E-state index contributed by atoms with van der Waals surface area (Å²) in [4.78, 5) is 10.5. The molecule has 0 atom stereocenters. The van der Waals surface area contributed by atoms with Gasteiger partial charge < -0.3 is 9.84 Å². The molecule has 94 valence electrons. The lowest BCUT2D eigenvalue weighted by Crippen LogP contribution is -1.99. The van der Waals surface area contributed by atoms with Gasteiger partial charge in [0.2, 0.25) is 0 Å². The third-order valence-corrected chi connectivity index (χ3v) is 2.99. The molecule has 0 bridgehead atoms. The summed E-state index contributed by atoms with van der Waals surface area (Å²) in [5.41, 5.74) is 2.27. The SMILES string of the molecule is CCc1cc(OC)c(Cl)cc1CCCC(=O)O. The fourth-order valence-corrected chi connectivity index (χ4v) is 2.05. The Bertz CT molecular complexity index is 402. The average molecular weight is 257 g/mol. The first-order valence-corrected chi connectivity index (χ1v) is 6.03. The highest BCUT2D eigenvalue weighted by Crippen LogP contribution is 2.29. The van der Waals surface area contributed by atoms with Crippen LogP contribution in [-0.4, -0.2) is 18.2 Å². The molecule has 0 aliphatic heterocycles. The van der Waals surface area contributed by atoms with Crippen molar-refractivity contribution in [3.05, 3.63) is 28.3 Å². The van der Waals surface area contributed by atoms with E-state index in [4.69, 9.17) is 21.4 Å². The minimum atomic E-state index is -0.761. The number of hydrogen-bond donors (Lipinski definition) is 1. The Morgan fingerprint density at radius 2 is 2.12 bits per heavy atom. The zero-order valence-corrected chi connectivity index (χ0v) is 10.9. The van der Waals surface area contributed by atoms with Gasteiger partial charge in [-0.25, -0.2) is 0 Å². The molecule has 1 N–H and O–H groups in total. The summed E-state index contributed by atoms with van der Waals surface area (Å²) < 4.78 is 5.16. The second kappa shape index (κ2) is 6.50. The summed E-state index contributed by atoms with van der Waals surface area (Å²) in [5.74, 6) is -0.0897. The minimum absolute atomic E-state index is 0.187. The van der Waals surface area contributed by atoms with Crippen LogP contribution in [0.25, 0.3) is 0 Å². The van der Waals surface area contributed by atoms with Gasteiger partial charge in [-0.2, -0.15) is 0 Å². The summed E-state index contributed by atoms with van der Waals surface area (Å²) in [6.45, 7) is 2.06. The number of aryl methyl sites for hydroxylation is 2. The van der Waals surface area contributed by atoms with Gasteiger partial charge in [-0.15, -0.1) is 0 Å². The predicted molar refractivity (Wildman–Crippen MR) is 68.0 cm³/mol. The Morgan fingerprint density at radius 1 is 1.41 bits per heavy atom. The van der Waals surface area contributed by atoms with E-state index in [2.05, 4.69) is 6.92 Å². The van der Waals surface area contributed by atoms with E-state index in [0.29, 0.717) is 17.2 Å². The molecule has 1 rings (SSSR count). The standard InChI is InChI=1S/C13H17ClO3/c1-3-9-8-12(17-2)11(14)7-10(9)5-4-6-13(15)16/h7-8H,3-6H2,1-2H3,(H,15,16).